The van der Waals surface area contributed by atoms with Gasteiger partial charge in [-0.2, -0.15) is 0 Å². The lowest BCUT2D eigenvalue weighted by Gasteiger charge is -2.02. The molecule has 0 atom stereocenters. The zero-order chi connectivity index (χ0) is 18.3. The van der Waals surface area contributed by atoms with Crippen molar-refractivity contribution in [2.75, 3.05) is 11.5 Å². The second kappa shape index (κ2) is 5.84. The SMILES string of the molecule is Nc1nc(C(=O)CCC(=O)c2nc(N)c3[nH]cnc3n2)nc2nc[nH]c12. The zero-order valence-corrected chi connectivity index (χ0v) is 13.2. The van der Waals surface area contributed by atoms with Crippen molar-refractivity contribution >= 4 is 45.5 Å². The third kappa shape index (κ3) is 2.58. The molecule has 12 nitrogen and oxygen atoms in total. The Morgan fingerprint density at radius 1 is 0.769 bits per heavy atom. The predicted octanol–water partition coefficient (Wildman–Crippen LogP) is 0.0294. The largest absolute Gasteiger partial charge is 0.382 e. The first-order valence-electron chi connectivity index (χ1n) is 7.52. The van der Waals surface area contributed by atoms with E-state index < -0.39 is 11.6 Å². The maximum Gasteiger partial charge on any atom is 0.200 e. The number of nitrogens with zero attached hydrogens (tertiary/aromatic N) is 6. The van der Waals surface area contributed by atoms with Gasteiger partial charge >= 0.3 is 0 Å². The van der Waals surface area contributed by atoms with Crippen LogP contribution in [0.5, 0.6) is 0 Å². The Hall–Kier alpha value is -3.96. The fourth-order valence-electron chi connectivity index (χ4n) is 2.41. The van der Waals surface area contributed by atoms with Gasteiger partial charge in [-0.05, 0) is 0 Å². The number of nitrogens with two attached hydrogens (primary N) is 2. The molecular weight excluding hydrogens is 340 g/mol. The van der Waals surface area contributed by atoms with Crippen molar-refractivity contribution in [2.45, 2.75) is 12.8 Å². The fourth-order valence-corrected chi connectivity index (χ4v) is 2.41. The van der Waals surface area contributed by atoms with Gasteiger partial charge in [-0.25, -0.2) is 29.9 Å². The van der Waals surface area contributed by atoms with E-state index in [1.165, 1.54) is 12.7 Å². The first-order chi connectivity index (χ1) is 12.5. The number of carbonyl (C=O) groups excluding carboxylic acids is 2. The molecule has 0 spiro atoms. The molecule has 0 aliphatic rings. The van der Waals surface area contributed by atoms with Crippen LogP contribution >= 0.6 is 0 Å². The van der Waals surface area contributed by atoms with Crippen LogP contribution < -0.4 is 11.5 Å². The first-order valence-corrected chi connectivity index (χ1v) is 7.52. The van der Waals surface area contributed by atoms with Gasteiger partial charge in [0.1, 0.15) is 11.0 Å². The van der Waals surface area contributed by atoms with Crippen molar-refractivity contribution in [1.29, 1.82) is 0 Å². The molecule has 0 saturated heterocycles. The van der Waals surface area contributed by atoms with E-state index in [0.29, 0.717) is 11.0 Å². The highest BCUT2D eigenvalue weighted by Gasteiger charge is 2.19. The second-order valence-corrected chi connectivity index (χ2v) is 5.41. The minimum absolute atomic E-state index is 0.0990. The summed E-state index contributed by atoms with van der Waals surface area (Å²) in [7, 11) is 0. The molecule has 0 aliphatic heterocycles. The molecule has 4 aromatic heterocycles. The van der Waals surface area contributed by atoms with E-state index in [-0.39, 0.29) is 47.4 Å². The number of nitrogens with one attached hydrogen (secondary N) is 2. The standard InChI is InChI=1S/C14H12N10O2/c15-9-7-13(19-3-17-7)23-11(21-9)5(25)1-2-6(26)12-22-10(16)8-14(24-12)20-4-18-8/h3-4H,1-2H2,(H3,15,17,19,21,23)(H3,16,18,20,22,24). The normalized spacial score (nSPS) is 11.2. The molecule has 26 heavy (non-hydrogen) atoms. The summed E-state index contributed by atoms with van der Waals surface area (Å²) in [6.07, 6.45) is 2.55. The van der Waals surface area contributed by atoms with Crippen molar-refractivity contribution in [3.8, 4) is 0 Å². The molecule has 0 bridgehead atoms. The Morgan fingerprint density at radius 2 is 1.19 bits per heavy atom. The van der Waals surface area contributed by atoms with Crippen LogP contribution in [0.25, 0.3) is 22.3 Å². The molecular formula is C14H12N10O2. The number of ketones is 2. The molecule has 130 valence electrons. The molecule has 0 unspecified atom stereocenters. The molecule has 4 rings (SSSR count). The summed E-state index contributed by atoms with van der Waals surface area (Å²) in [6.45, 7) is 0. The van der Waals surface area contributed by atoms with Gasteiger partial charge in [-0.3, -0.25) is 9.59 Å². The lowest BCUT2D eigenvalue weighted by Crippen LogP contribution is -2.13. The van der Waals surface area contributed by atoms with Crippen molar-refractivity contribution in [2.24, 2.45) is 0 Å². The van der Waals surface area contributed by atoms with Crippen LogP contribution in [0.15, 0.2) is 12.7 Å². The number of anilines is 2. The van der Waals surface area contributed by atoms with Crippen LogP contribution in [0.1, 0.15) is 34.1 Å². The molecule has 6 N–H and O–H groups in total. The third-order valence-corrected chi connectivity index (χ3v) is 3.71. The maximum absolute atomic E-state index is 12.3. The quantitative estimate of drug-likeness (QED) is 0.355. The van der Waals surface area contributed by atoms with Gasteiger partial charge in [0.25, 0.3) is 0 Å². The minimum Gasteiger partial charge on any atom is -0.382 e. The number of imidazole rings is 2. The molecule has 0 aliphatic carbocycles. The summed E-state index contributed by atoms with van der Waals surface area (Å²) in [4.78, 5) is 54.0. The van der Waals surface area contributed by atoms with E-state index in [2.05, 4.69) is 39.9 Å². The van der Waals surface area contributed by atoms with Crippen LogP contribution in [0, 0.1) is 0 Å². The molecule has 0 aromatic carbocycles. The number of aromatic amines is 2. The molecule has 0 saturated carbocycles. The lowest BCUT2D eigenvalue weighted by molar-refractivity contribution is 0.0907. The number of Topliss-reactive ketones (excluding diaryl/α,β-unsaturated/α-hetero) is 2. The molecule has 4 heterocycles. The van der Waals surface area contributed by atoms with Gasteiger partial charge in [-0.15, -0.1) is 0 Å². The topological polar surface area (TPSA) is 195 Å². The van der Waals surface area contributed by atoms with Crippen LogP contribution in [0.4, 0.5) is 11.6 Å². The average molecular weight is 352 g/mol. The Bertz CT molecular complexity index is 1070. The number of fused-ring (bicyclic) bond motifs is 2. The Labute approximate surface area is 144 Å². The van der Waals surface area contributed by atoms with Gasteiger partial charge in [0.05, 0.1) is 12.7 Å². The van der Waals surface area contributed by atoms with Crippen molar-refractivity contribution in [1.82, 2.24) is 39.9 Å². The summed E-state index contributed by atoms with van der Waals surface area (Å²) >= 11 is 0. The first kappa shape index (κ1) is 15.6. The van der Waals surface area contributed by atoms with Crippen molar-refractivity contribution in [3.05, 3.63) is 24.3 Å². The van der Waals surface area contributed by atoms with Crippen molar-refractivity contribution < 1.29 is 9.59 Å². The average Bonchev–Trinajstić information content (AvgIpc) is 3.28. The van der Waals surface area contributed by atoms with E-state index in [0.717, 1.165) is 0 Å². The summed E-state index contributed by atoms with van der Waals surface area (Å²) in [5.74, 6) is -0.853. The Balaban J connectivity index is 1.51. The summed E-state index contributed by atoms with van der Waals surface area (Å²) in [5, 5.41) is 0. The van der Waals surface area contributed by atoms with E-state index in [4.69, 9.17) is 11.5 Å². The van der Waals surface area contributed by atoms with Crippen LogP contribution in [-0.4, -0.2) is 51.4 Å². The number of hydrogen-bond donors (Lipinski definition) is 4. The minimum atomic E-state index is -0.441. The monoisotopic (exact) mass is 352 g/mol. The van der Waals surface area contributed by atoms with E-state index >= 15 is 0 Å². The van der Waals surface area contributed by atoms with Crippen LogP contribution in [0.3, 0.4) is 0 Å². The molecule has 12 heteroatoms. The van der Waals surface area contributed by atoms with E-state index in [1.54, 1.807) is 0 Å². The van der Waals surface area contributed by atoms with Gasteiger partial charge in [0, 0.05) is 12.8 Å². The third-order valence-electron chi connectivity index (χ3n) is 3.71. The molecule has 0 fully saturated rings. The number of rotatable bonds is 5. The molecule has 4 aromatic rings. The number of nitrogen functional groups attached to an aromatic ring is 2. The predicted molar refractivity (Wildman–Crippen MR) is 90.1 cm³/mol. The number of carbonyl (C=O) groups is 2. The zero-order valence-electron chi connectivity index (χ0n) is 13.2. The lowest BCUT2D eigenvalue weighted by atomic mass is 10.1. The highest BCUT2D eigenvalue weighted by molar-refractivity contribution is 6.01. The molecule has 0 radical (unpaired) electrons. The number of aromatic nitrogens is 8. The van der Waals surface area contributed by atoms with Crippen LogP contribution in [-0.2, 0) is 0 Å². The van der Waals surface area contributed by atoms with Gasteiger partial charge in [0.2, 0.25) is 11.6 Å². The van der Waals surface area contributed by atoms with Gasteiger partial charge in [-0.1, -0.05) is 0 Å². The maximum atomic E-state index is 12.3. The van der Waals surface area contributed by atoms with Crippen LogP contribution in [0.2, 0.25) is 0 Å². The van der Waals surface area contributed by atoms with E-state index in [9.17, 15) is 9.59 Å². The summed E-state index contributed by atoms with van der Waals surface area (Å²) in [5.41, 5.74) is 13.0. The van der Waals surface area contributed by atoms with Gasteiger partial charge < -0.3 is 21.4 Å². The summed E-state index contributed by atoms with van der Waals surface area (Å²) < 4.78 is 0. The highest BCUT2D eigenvalue weighted by atomic mass is 16.1. The van der Waals surface area contributed by atoms with E-state index in [1.807, 2.05) is 0 Å². The fraction of sp³-hybridized carbons (Fsp3) is 0.143. The smallest absolute Gasteiger partial charge is 0.200 e. The Morgan fingerprint density at radius 3 is 1.62 bits per heavy atom. The van der Waals surface area contributed by atoms with Crippen molar-refractivity contribution in [3.63, 3.8) is 0 Å². The second-order valence-electron chi connectivity index (χ2n) is 5.41. The molecule has 0 amide bonds. The Kier molecular flexibility index (Phi) is 3.49. The summed E-state index contributed by atoms with van der Waals surface area (Å²) in [6, 6.07) is 0. The highest BCUT2D eigenvalue weighted by Crippen LogP contribution is 2.16. The number of H-pyrrole nitrogens is 2. The number of hydrogen-bond acceptors (Lipinski definition) is 10. The van der Waals surface area contributed by atoms with Gasteiger partial charge in [0.15, 0.2) is 34.6 Å².